The summed E-state index contributed by atoms with van der Waals surface area (Å²) in [5, 5.41) is 0. The Morgan fingerprint density at radius 2 is 1.48 bits per heavy atom. The molecule has 0 aliphatic rings. The van der Waals surface area contributed by atoms with Gasteiger partial charge in [-0.05, 0) is 54.7 Å². The average Bonchev–Trinajstić information content (AvgIpc) is 2.65. The molecule has 0 radical (unpaired) electrons. The van der Waals surface area contributed by atoms with E-state index in [1.807, 2.05) is 6.92 Å². The van der Waals surface area contributed by atoms with E-state index in [0.29, 0.717) is 18.8 Å². The molecule has 0 aromatic heterocycles. The molecule has 0 unspecified atom stereocenters. The molecule has 0 heterocycles. The molecule has 0 amide bonds. The molecule has 3 heteroatoms. The van der Waals surface area contributed by atoms with Crippen LogP contribution in [0.1, 0.15) is 56.2 Å². The van der Waals surface area contributed by atoms with Crippen LogP contribution >= 0.6 is 0 Å². The first-order valence-corrected chi connectivity index (χ1v) is 8.99. The Balaban J connectivity index is 1.92. The van der Waals surface area contributed by atoms with E-state index in [-0.39, 0.29) is 12.0 Å². The summed E-state index contributed by atoms with van der Waals surface area (Å²) >= 11 is 0. The van der Waals surface area contributed by atoms with Gasteiger partial charge in [-0.1, -0.05) is 44.5 Å². The first-order chi connectivity index (χ1) is 12.1. The number of hydrogen-bond donors (Lipinski definition) is 0. The summed E-state index contributed by atoms with van der Waals surface area (Å²) in [5.74, 6) is -0.835. The number of aryl methyl sites for hydroxylation is 1. The minimum absolute atomic E-state index is 0.123. The number of benzene rings is 2. The molecule has 2 aromatic rings. The Labute approximate surface area is 149 Å². The lowest BCUT2D eigenvalue weighted by Crippen LogP contribution is -1.96. The smallest absolute Gasteiger partial charge is 0.161 e. The fourth-order valence-corrected chi connectivity index (χ4v) is 2.53. The topological polar surface area (TPSA) is 9.23 Å². The lowest BCUT2D eigenvalue weighted by atomic mass is 10.1. The van der Waals surface area contributed by atoms with Crippen molar-refractivity contribution in [1.82, 2.24) is 0 Å². The Hall–Kier alpha value is -2.16. The van der Waals surface area contributed by atoms with Gasteiger partial charge in [0.25, 0.3) is 0 Å². The van der Waals surface area contributed by atoms with Crippen molar-refractivity contribution in [1.29, 1.82) is 0 Å². The van der Waals surface area contributed by atoms with Crippen molar-refractivity contribution < 1.29 is 13.5 Å². The first kappa shape index (κ1) is 19.2. The van der Waals surface area contributed by atoms with Crippen LogP contribution in [0.3, 0.4) is 0 Å². The molecule has 0 saturated carbocycles. The molecule has 134 valence electrons. The van der Waals surface area contributed by atoms with Crippen molar-refractivity contribution in [3.8, 4) is 5.75 Å². The fraction of sp³-hybridized carbons (Fsp3) is 0.364. The van der Waals surface area contributed by atoms with Gasteiger partial charge in [0.1, 0.15) is 18.2 Å². The van der Waals surface area contributed by atoms with Crippen molar-refractivity contribution in [2.24, 2.45) is 0 Å². The van der Waals surface area contributed by atoms with E-state index in [2.05, 4.69) is 31.2 Å². The van der Waals surface area contributed by atoms with Crippen LogP contribution in [-0.2, 0) is 13.0 Å². The Bertz CT molecular complexity index is 672. The second kappa shape index (κ2) is 9.97. The average molecular weight is 344 g/mol. The SMILES string of the molecule is CCCCc1ccc(COc2ccc(/C(F)=C(/F)CCC)cc2)cc1. The summed E-state index contributed by atoms with van der Waals surface area (Å²) in [5.41, 5.74) is 2.68. The van der Waals surface area contributed by atoms with Crippen molar-refractivity contribution in [2.75, 3.05) is 0 Å². The molecular weight excluding hydrogens is 318 g/mol. The quantitative estimate of drug-likeness (QED) is 0.475. The van der Waals surface area contributed by atoms with Gasteiger partial charge in [0.2, 0.25) is 0 Å². The maximum atomic E-state index is 13.9. The highest BCUT2D eigenvalue weighted by atomic mass is 19.2. The molecule has 1 nitrogen and oxygen atoms in total. The van der Waals surface area contributed by atoms with Crippen molar-refractivity contribution in [3.63, 3.8) is 0 Å². The molecule has 0 N–H and O–H groups in total. The predicted molar refractivity (Wildman–Crippen MR) is 99.9 cm³/mol. The molecule has 0 aliphatic carbocycles. The molecule has 2 rings (SSSR count). The van der Waals surface area contributed by atoms with Gasteiger partial charge in [0.05, 0.1) is 0 Å². The molecule has 25 heavy (non-hydrogen) atoms. The largest absolute Gasteiger partial charge is 0.489 e. The van der Waals surface area contributed by atoms with E-state index in [1.54, 1.807) is 24.3 Å². The summed E-state index contributed by atoms with van der Waals surface area (Å²) in [7, 11) is 0. The highest BCUT2D eigenvalue weighted by Gasteiger charge is 2.08. The Morgan fingerprint density at radius 1 is 0.840 bits per heavy atom. The second-order valence-electron chi connectivity index (χ2n) is 6.20. The van der Waals surface area contributed by atoms with Gasteiger partial charge in [-0.15, -0.1) is 0 Å². The van der Waals surface area contributed by atoms with Gasteiger partial charge >= 0.3 is 0 Å². The fourth-order valence-electron chi connectivity index (χ4n) is 2.53. The van der Waals surface area contributed by atoms with Crippen LogP contribution in [0.15, 0.2) is 54.4 Å². The van der Waals surface area contributed by atoms with Gasteiger partial charge in [-0.3, -0.25) is 0 Å². The first-order valence-electron chi connectivity index (χ1n) is 8.99. The maximum Gasteiger partial charge on any atom is 0.161 e. The van der Waals surface area contributed by atoms with E-state index in [1.165, 1.54) is 18.4 Å². The second-order valence-corrected chi connectivity index (χ2v) is 6.20. The van der Waals surface area contributed by atoms with Gasteiger partial charge in [-0.25, -0.2) is 8.78 Å². The van der Waals surface area contributed by atoms with Crippen molar-refractivity contribution >= 4 is 5.83 Å². The lowest BCUT2D eigenvalue weighted by molar-refractivity contribution is 0.306. The summed E-state index contributed by atoms with van der Waals surface area (Å²) in [4.78, 5) is 0. The zero-order valence-electron chi connectivity index (χ0n) is 15.0. The number of unbranched alkanes of at least 4 members (excludes halogenated alkanes) is 1. The molecule has 0 saturated heterocycles. The van der Waals surface area contributed by atoms with E-state index < -0.39 is 11.7 Å². The third-order valence-electron chi connectivity index (χ3n) is 4.06. The molecule has 0 fully saturated rings. The van der Waals surface area contributed by atoms with Gasteiger partial charge in [-0.2, -0.15) is 0 Å². The van der Waals surface area contributed by atoms with E-state index in [4.69, 9.17) is 4.74 Å². The van der Waals surface area contributed by atoms with Crippen LogP contribution in [-0.4, -0.2) is 0 Å². The van der Waals surface area contributed by atoms with Crippen LogP contribution in [0.4, 0.5) is 8.78 Å². The van der Waals surface area contributed by atoms with E-state index in [9.17, 15) is 8.78 Å². The number of halogens is 2. The zero-order chi connectivity index (χ0) is 18.1. The molecule has 0 bridgehead atoms. The van der Waals surface area contributed by atoms with Gasteiger partial charge < -0.3 is 4.74 Å². The number of ether oxygens (including phenoxy) is 1. The van der Waals surface area contributed by atoms with Crippen LogP contribution in [0.25, 0.3) is 5.83 Å². The predicted octanol–water partition coefficient (Wildman–Crippen LogP) is 7.02. The zero-order valence-corrected chi connectivity index (χ0v) is 15.0. The third-order valence-corrected chi connectivity index (χ3v) is 4.06. The van der Waals surface area contributed by atoms with Crippen molar-refractivity contribution in [2.45, 2.75) is 52.6 Å². The van der Waals surface area contributed by atoms with E-state index >= 15 is 0 Å². The molecule has 0 atom stereocenters. The molecular formula is C22H26F2O. The van der Waals surface area contributed by atoms with Crippen LogP contribution < -0.4 is 4.74 Å². The standard InChI is InChI=1S/C22H26F2O/c1-3-5-7-17-8-10-18(11-9-17)16-25-20-14-12-19(13-15-20)22(24)21(23)6-4-2/h8-15H,3-7,16H2,1-2H3/b22-21-. The summed E-state index contributed by atoms with van der Waals surface area (Å²) in [6, 6.07) is 14.8. The number of hydrogen-bond acceptors (Lipinski definition) is 1. The monoisotopic (exact) mass is 344 g/mol. The summed E-state index contributed by atoms with van der Waals surface area (Å²) in [6.45, 7) is 4.46. The number of allylic oxidation sites excluding steroid dienone is 1. The lowest BCUT2D eigenvalue weighted by Gasteiger charge is -2.08. The summed E-state index contributed by atoms with van der Waals surface area (Å²) < 4.78 is 33.1. The molecule has 0 aliphatic heterocycles. The molecule has 0 spiro atoms. The van der Waals surface area contributed by atoms with Crippen LogP contribution in [0.2, 0.25) is 0 Å². The van der Waals surface area contributed by atoms with E-state index in [0.717, 1.165) is 12.0 Å². The van der Waals surface area contributed by atoms with Crippen molar-refractivity contribution in [3.05, 3.63) is 71.0 Å². The Morgan fingerprint density at radius 3 is 2.08 bits per heavy atom. The number of rotatable bonds is 9. The van der Waals surface area contributed by atoms with Crippen LogP contribution in [0, 0.1) is 0 Å². The molecule has 2 aromatic carbocycles. The highest BCUT2D eigenvalue weighted by molar-refractivity contribution is 5.61. The van der Waals surface area contributed by atoms with Crippen LogP contribution in [0.5, 0.6) is 5.75 Å². The minimum Gasteiger partial charge on any atom is -0.489 e. The third kappa shape index (κ3) is 6.00. The van der Waals surface area contributed by atoms with Gasteiger partial charge in [0.15, 0.2) is 5.83 Å². The minimum atomic E-state index is -0.781. The Kier molecular flexibility index (Phi) is 7.65. The maximum absolute atomic E-state index is 13.9. The normalized spacial score (nSPS) is 12.0. The van der Waals surface area contributed by atoms with Gasteiger partial charge in [0, 0.05) is 12.0 Å². The highest BCUT2D eigenvalue weighted by Crippen LogP contribution is 2.26. The summed E-state index contributed by atoms with van der Waals surface area (Å²) in [6.07, 6.45) is 4.20.